The summed E-state index contributed by atoms with van der Waals surface area (Å²) >= 11 is 4.64. The third-order valence-electron chi connectivity index (χ3n) is 3.89. The van der Waals surface area contributed by atoms with Crippen LogP contribution in [0.25, 0.3) is 11.4 Å². The molecule has 0 saturated heterocycles. The van der Waals surface area contributed by atoms with Crippen LogP contribution < -0.4 is 5.32 Å². The molecule has 0 spiro atoms. The van der Waals surface area contributed by atoms with Crippen LogP contribution in [-0.2, 0) is 11.3 Å². The Morgan fingerprint density at radius 3 is 2.82 bits per heavy atom. The van der Waals surface area contributed by atoms with Crippen molar-refractivity contribution in [3.63, 3.8) is 0 Å². The molecule has 0 fully saturated rings. The molecule has 3 aromatic rings. The van der Waals surface area contributed by atoms with E-state index in [0.29, 0.717) is 28.8 Å². The average molecular weight is 461 g/mol. The summed E-state index contributed by atoms with van der Waals surface area (Å²) in [5.74, 6) is -0.138. The van der Waals surface area contributed by atoms with E-state index in [1.165, 1.54) is 17.8 Å². The maximum atomic E-state index is 14.2. The molecule has 144 valence electrons. The number of hydrogen-bond donors (Lipinski definition) is 1. The van der Waals surface area contributed by atoms with Crippen molar-refractivity contribution in [2.45, 2.75) is 23.9 Å². The number of hydrogen-bond acceptors (Lipinski definition) is 4. The minimum Gasteiger partial charge on any atom is -0.325 e. The topological polar surface area (TPSA) is 59.8 Å². The summed E-state index contributed by atoms with van der Waals surface area (Å²) in [6, 6.07) is 13.8. The van der Waals surface area contributed by atoms with Crippen molar-refractivity contribution in [3.8, 4) is 11.4 Å². The molecule has 0 aliphatic rings. The number of anilines is 1. The quantitative estimate of drug-likeness (QED) is 0.391. The van der Waals surface area contributed by atoms with E-state index in [1.807, 2.05) is 24.3 Å². The zero-order valence-corrected chi connectivity index (χ0v) is 17.5. The van der Waals surface area contributed by atoms with Crippen molar-refractivity contribution in [1.82, 2.24) is 14.8 Å². The zero-order valence-electron chi connectivity index (χ0n) is 15.1. The predicted molar refractivity (Wildman–Crippen MR) is 114 cm³/mol. The number of thioether (sulfide) groups is 1. The summed E-state index contributed by atoms with van der Waals surface area (Å²) in [4.78, 5) is 12.5. The molecule has 1 atom stereocenters. The van der Waals surface area contributed by atoms with Crippen molar-refractivity contribution in [3.05, 3.63) is 71.5 Å². The van der Waals surface area contributed by atoms with Crippen LogP contribution >= 0.6 is 27.7 Å². The predicted octanol–water partition coefficient (Wildman–Crippen LogP) is 5.15. The molecule has 0 saturated carbocycles. The number of amides is 1. The van der Waals surface area contributed by atoms with Crippen molar-refractivity contribution in [2.24, 2.45) is 0 Å². The zero-order chi connectivity index (χ0) is 20.1. The largest absolute Gasteiger partial charge is 0.325 e. The average Bonchev–Trinajstić information content (AvgIpc) is 3.04. The number of carbonyl (C=O) groups excluding carboxylic acids is 1. The van der Waals surface area contributed by atoms with Crippen LogP contribution in [0.15, 0.2) is 70.8 Å². The monoisotopic (exact) mass is 460 g/mol. The first-order valence-electron chi connectivity index (χ1n) is 8.51. The highest BCUT2D eigenvalue weighted by Crippen LogP contribution is 2.29. The third-order valence-corrected chi connectivity index (χ3v) is 5.46. The van der Waals surface area contributed by atoms with E-state index in [-0.39, 0.29) is 11.7 Å². The van der Waals surface area contributed by atoms with Crippen molar-refractivity contribution < 1.29 is 9.18 Å². The molecular formula is C20H18BrFN4OS. The summed E-state index contributed by atoms with van der Waals surface area (Å²) < 4.78 is 16.8. The first-order chi connectivity index (χ1) is 13.5. The van der Waals surface area contributed by atoms with Crippen LogP contribution in [0.4, 0.5) is 10.1 Å². The van der Waals surface area contributed by atoms with Gasteiger partial charge in [-0.15, -0.1) is 16.8 Å². The van der Waals surface area contributed by atoms with E-state index in [1.54, 1.807) is 35.8 Å². The molecule has 2 aromatic carbocycles. The van der Waals surface area contributed by atoms with Gasteiger partial charge in [0, 0.05) is 16.7 Å². The molecule has 1 aromatic heterocycles. The summed E-state index contributed by atoms with van der Waals surface area (Å²) in [5, 5.41) is 11.3. The first-order valence-corrected chi connectivity index (χ1v) is 10.2. The van der Waals surface area contributed by atoms with Gasteiger partial charge in [-0.25, -0.2) is 4.39 Å². The van der Waals surface area contributed by atoms with E-state index in [2.05, 4.69) is 38.0 Å². The van der Waals surface area contributed by atoms with Crippen molar-refractivity contribution in [2.75, 3.05) is 5.32 Å². The van der Waals surface area contributed by atoms with Gasteiger partial charge >= 0.3 is 0 Å². The maximum absolute atomic E-state index is 14.2. The van der Waals surface area contributed by atoms with E-state index in [9.17, 15) is 9.18 Å². The Balaban J connectivity index is 1.80. The smallest absolute Gasteiger partial charge is 0.237 e. The SMILES string of the molecule is C=CCn1c(SC(C)C(=O)Nc2cccc(Br)c2)nnc1-c1ccccc1F. The molecule has 1 amide bonds. The van der Waals surface area contributed by atoms with E-state index >= 15 is 0 Å². The lowest BCUT2D eigenvalue weighted by Gasteiger charge is -2.13. The van der Waals surface area contributed by atoms with Gasteiger partial charge in [-0.1, -0.05) is 52.0 Å². The second kappa shape index (κ2) is 9.16. The van der Waals surface area contributed by atoms with E-state index in [4.69, 9.17) is 0 Å². The minimum absolute atomic E-state index is 0.163. The number of aromatic nitrogens is 3. The number of nitrogens with zero attached hydrogens (tertiary/aromatic N) is 3. The number of carbonyl (C=O) groups is 1. The lowest BCUT2D eigenvalue weighted by molar-refractivity contribution is -0.115. The normalized spacial score (nSPS) is 11.8. The fraction of sp³-hybridized carbons (Fsp3) is 0.150. The minimum atomic E-state index is -0.430. The van der Waals surface area contributed by atoms with Gasteiger partial charge in [0.05, 0.1) is 10.8 Å². The molecule has 0 aliphatic carbocycles. The van der Waals surface area contributed by atoms with Crippen molar-refractivity contribution in [1.29, 1.82) is 0 Å². The molecule has 0 aliphatic heterocycles. The van der Waals surface area contributed by atoms with Gasteiger partial charge in [0.15, 0.2) is 11.0 Å². The molecule has 5 nitrogen and oxygen atoms in total. The highest BCUT2D eigenvalue weighted by atomic mass is 79.9. The van der Waals surface area contributed by atoms with Crippen LogP contribution in [0.1, 0.15) is 6.92 Å². The Hall–Kier alpha value is -2.45. The first kappa shape index (κ1) is 20.3. The van der Waals surface area contributed by atoms with Crippen LogP contribution in [0, 0.1) is 5.82 Å². The maximum Gasteiger partial charge on any atom is 0.237 e. The fourth-order valence-electron chi connectivity index (χ4n) is 2.53. The van der Waals surface area contributed by atoms with Gasteiger partial charge in [-0.05, 0) is 37.3 Å². The van der Waals surface area contributed by atoms with Gasteiger partial charge in [-0.2, -0.15) is 0 Å². The molecule has 1 unspecified atom stereocenters. The fourth-order valence-corrected chi connectivity index (χ4v) is 3.79. The van der Waals surface area contributed by atoms with Crippen LogP contribution in [-0.4, -0.2) is 25.9 Å². The summed E-state index contributed by atoms with van der Waals surface area (Å²) in [6.07, 6.45) is 1.68. The lowest BCUT2D eigenvalue weighted by Crippen LogP contribution is -2.23. The second-order valence-corrected chi connectivity index (χ2v) is 8.17. The molecule has 28 heavy (non-hydrogen) atoms. The lowest BCUT2D eigenvalue weighted by atomic mass is 10.2. The molecule has 3 rings (SSSR count). The van der Waals surface area contributed by atoms with Gasteiger partial charge in [-0.3, -0.25) is 9.36 Å². The number of nitrogens with one attached hydrogen (secondary N) is 1. The van der Waals surface area contributed by atoms with E-state index in [0.717, 1.165) is 4.47 Å². The van der Waals surface area contributed by atoms with E-state index < -0.39 is 5.25 Å². The van der Waals surface area contributed by atoms with Crippen molar-refractivity contribution >= 4 is 39.3 Å². The molecule has 0 bridgehead atoms. The summed E-state index contributed by atoms with van der Waals surface area (Å²) in [6.45, 7) is 5.94. The third kappa shape index (κ3) is 4.69. The Kier molecular flexibility index (Phi) is 6.64. The Morgan fingerprint density at radius 2 is 2.11 bits per heavy atom. The summed E-state index contributed by atoms with van der Waals surface area (Å²) in [5.41, 5.74) is 1.06. The number of benzene rings is 2. The van der Waals surface area contributed by atoms with Crippen LogP contribution in [0.3, 0.4) is 0 Å². The number of allylic oxidation sites excluding steroid dienone is 1. The Morgan fingerprint density at radius 1 is 1.32 bits per heavy atom. The van der Waals surface area contributed by atoms with Gasteiger partial charge in [0.1, 0.15) is 5.82 Å². The van der Waals surface area contributed by atoms with Gasteiger partial charge in [0.25, 0.3) is 0 Å². The molecular weight excluding hydrogens is 443 g/mol. The van der Waals surface area contributed by atoms with Gasteiger partial charge < -0.3 is 5.32 Å². The molecule has 1 heterocycles. The number of rotatable bonds is 7. The van der Waals surface area contributed by atoms with Gasteiger partial charge in [0.2, 0.25) is 5.91 Å². The summed E-state index contributed by atoms with van der Waals surface area (Å²) in [7, 11) is 0. The highest BCUT2D eigenvalue weighted by molar-refractivity contribution is 9.10. The second-order valence-electron chi connectivity index (χ2n) is 5.94. The number of halogens is 2. The Bertz CT molecular complexity index is 1010. The highest BCUT2D eigenvalue weighted by Gasteiger charge is 2.21. The Labute approximate surface area is 175 Å². The molecule has 1 N–H and O–H groups in total. The van der Waals surface area contributed by atoms with Crippen LogP contribution in [0.2, 0.25) is 0 Å². The standard InChI is InChI=1S/C20H18BrFN4OS/c1-3-11-26-18(16-9-4-5-10-17(16)22)24-25-20(26)28-13(2)19(27)23-15-8-6-7-14(21)12-15/h3-10,12-13H,1,11H2,2H3,(H,23,27). The molecule has 0 radical (unpaired) electrons. The molecule has 8 heteroatoms. The van der Waals surface area contributed by atoms with Crippen LogP contribution in [0.5, 0.6) is 0 Å².